The number of aryl methyl sites for hydroxylation is 1. The summed E-state index contributed by atoms with van der Waals surface area (Å²) >= 11 is 5.27. The maximum atomic E-state index is 8.65. The van der Waals surface area contributed by atoms with Gasteiger partial charge in [-0.15, -0.1) is 0 Å². The monoisotopic (exact) mass is 316 g/mol. The molecule has 3 nitrogen and oxygen atoms in total. The minimum atomic E-state index is 0.0843. The van der Waals surface area contributed by atoms with Gasteiger partial charge >= 0.3 is 0 Å². The number of halogens is 1. The van der Waals surface area contributed by atoms with Crippen molar-refractivity contribution >= 4 is 37.5 Å². The molecule has 0 unspecified atom stereocenters. The van der Waals surface area contributed by atoms with Gasteiger partial charge in [-0.2, -0.15) is 4.57 Å². The lowest BCUT2D eigenvalue weighted by Crippen LogP contribution is -2.37. The number of ether oxygens (including phenoxy) is 1. The number of nitrogens with zero attached hydrogens (tertiary/aromatic N) is 1. The number of hydrogen-bond donors (Lipinski definition) is 1. The first kappa shape index (κ1) is 13.0. The van der Waals surface area contributed by atoms with Crippen molar-refractivity contribution in [3.05, 3.63) is 27.7 Å². The molecule has 17 heavy (non-hydrogen) atoms. The van der Waals surface area contributed by atoms with Crippen molar-refractivity contribution < 1.29 is 14.4 Å². The third-order valence-corrected chi connectivity index (χ3v) is 4.10. The maximum Gasteiger partial charge on any atom is 0.235 e. The summed E-state index contributed by atoms with van der Waals surface area (Å²) in [5.74, 6) is 0. The number of benzene rings is 1. The summed E-state index contributed by atoms with van der Waals surface area (Å²) < 4.78 is 9.95. The van der Waals surface area contributed by atoms with E-state index in [-0.39, 0.29) is 6.61 Å². The van der Waals surface area contributed by atoms with Gasteiger partial charge in [0.05, 0.1) is 13.2 Å². The quantitative estimate of drug-likeness (QED) is 0.678. The van der Waals surface area contributed by atoms with Crippen molar-refractivity contribution in [2.24, 2.45) is 0 Å². The van der Waals surface area contributed by atoms with Crippen LogP contribution in [0.15, 0.2) is 22.7 Å². The molecule has 0 radical (unpaired) electrons. The van der Waals surface area contributed by atoms with Crippen LogP contribution in [0.3, 0.4) is 0 Å². The van der Waals surface area contributed by atoms with Crippen LogP contribution in [0.25, 0.3) is 10.2 Å². The van der Waals surface area contributed by atoms with Crippen molar-refractivity contribution in [3.63, 3.8) is 0 Å². The Morgan fingerprint density at radius 3 is 3.00 bits per heavy atom. The number of fused-ring (bicyclic) bond motifs is 1. The van der Waals surface area contributed by atoms with Crippen molar-refractivity contribution in [1.29, 1.82) is 0 Å². The van der Waals surface area contributed by atoms with Crippen LogP contribution in [-0.4, -0.2) is 24.9 Å². The molecule has 0 amide bonds. The van der Waals surface area contributed by atoms with Gasteiger partial charge in [0, 0.05) is 17.5 Å². The lowest BCUT2D eigenvalue weighted by molar-refractivity contribution is -0.674. The fourth-order valence-electron chi connectivity index (χ4n) is 1.78. The van der Waals surface area contributed by atoms with Gasteiger partial charge in [0.15, 0.2) is 6.54 Å². The first-order valence-electron chi connectivity index (χ1n) is 5.49. The Hall–Kier alpha value is -0.490. The van der Waals surface area contributed by atoms with E-state index in [1.165, 1.54) is 15.2 Å². The van der Waals surface area contributed by atoms with Gasteiger partial charge in [0.25, 0.3) is 0 Å². The predicted octanol–water partition coefficient (Wildman–Crippen LogP) is 2.27. The van der Waals surface area contributed by atoms with E-state index in [4.69, 9.17) is 9.84 Å². The molecular weight excluding hydrogens is 302 g/mol. The zero-order valence-corrected chi connectivity index (χ0v) is 12.1. The fraction of sp³-hybridized carbons (Fsp3) is 0.417. The highest BCUT2D eigenvalue weighted by Gasteiger charge is 2.16. The molecule has 0 fully saturated rings. The van der Waals surface area contributed by atoms with Gasteiger partial charge in [-0.05, 0) is 12.1 Å². The van der Waals surface area contributed by atoms with E-state index in [0.717, 1.165) is 11.0 Å². The van der Waals surface area contributed by atoms with E-state index >= 15 is 0 Å². The maximum absolute atomic E-state index is 8.65. The molecular formula is C12H15BrNO2S+. The van der Waals surface area contributed by atoms with Crippen molar-refractivity contribution in [2.45, 2.75) is 13.5 Å². The lowest BCUT2D eigenvalue weighted by Gasteiger charge is -1.99. The van der Waals surface area contributed by atoms with E-state index in [0.29, 0.717) is 13.2 Å². The van der Waals surface area contributed by atoms with E-state index in [1.807, 2.05) is 0 Å². The third kappa shape index (κ3) is 3.04. The Morgan fingerprint density at radius 2 is 2.24 bits per heavy atom. The van der Waals surface area contributed by atoms with E-state index in [9.17, 15) is 0 Å². The van der Waals surface area contributed by atoms with Gasteiger partial charge in [-0.1, -0.05) is 27.3 Å². The van der Waals surface area contributed by atoms with E-state index in [1.54, 1.807) is 11.3 Å². The average Bonchev–Trinajstić information content (AvgIpc) is 2.60. The van der Waals surface area contributed by atoms with Crippen molar-refractivity contribution in [3.8, 4) is 0 Å². The number of aliphatic hydroxyl groups excluding tert-OH is 1. The summed E-state index contributed by atoms with van der Waals surface area (Å²) in [5.41, 5.74) is 1.24. The summed E-state index contributed by atoms with van der Waals surface area (Å²) in [4.78, 5) is 0. The molecule has 0 spiro atoms. The molecule has 1 heterocycles. The van der Waals surface area contributed by atoms with Gasteiger partial charge in [-0.25, -0.2) is 0 Å². The first-order chi connectivity index (χ1) is 8.22. The predicted molar refractivity (Wildman–Crippen MR) is 72.4 cm³/mol. The number of aliphatic hydroxyl groups is 1. The molecule has 5 heteroatoms. The van der Waals surface area contributed by atoms with E-state index < -0.39 is 0 Å². The SMILES string of the molecule is Cc1sc2cc(Br)ccc2[n+]1CCOCCO. The van der Waals surface area contributed by atoms with Crippen LogP contribution in [0.5, 0.6) is 0 Å². The van der Waals surface area contributed by atoms with Crippen LogP contribution in [0.1, 0.15) is 5.01 Å². The van der Waals surface area contributed by atoms with Crippen LogP contribution < -0.4 is 4.57 Å². The second kappa shape index (κ2) is 5.91. The molecule has 0 saturated carbocycles. The molecule has 1 aromatic carbocycles. The second-order valence-electron chi connectivity index (χ2n) is 3.72. The molecule has 0 aliphatic carbocycles. The topological polar surface area (TPSA) is 33.3 Å². The molecule has 2 aromatic rings. The van der Waals surface area contributed by atoms with Gasteiger partial charge in [-0.3, -0.25) is 0 Å². The zero-order chi connectivity index (χ0) is 12.3. The second-order valence-corrected chi connectivity index (χ2v) is 5.87. The van der Waals surface area contributed by atoms with E-state index in [2.05, 4.69) is 45.6 Å². The number of thiazole rings is 1. The summed E-state index contributed by atoms with van der Waals surface area (Å²) in [6.45, 7) is 4.07. The molecule has 1 aromatic heterocycles. The molecule has 0 bridgehead atoms. The number of hydrogen-bond acceptors (Lipinski definition) is 3. The molecule has 92 valence electrons. The van der Waals surface area contributed by atoms with Gasteiger partial charge < -0.3 is 9.84 Å². The van der Waals surface area contributed by atoms with Gasteiger partial charge in [0.1, 0.15) is 11.3 Å². The summed E-state index contributed by atoms with van der Waals surface area (Å²) in [6.07, 6.45) is 0. The number of aromatic nitrogens is 1. The normalized spacial score (nSPS) is 11.2. The molecule has 0 saturated heterocycles. The molecule has 0 atom stereocenters. The Morgan fingerprint density at radius 1 is 1.41 bits per heavy atom. The van der Waals surface area contributed by atoms with Crippen LogP contribution in [0.2, 0.25) is 0 Å². The molecule has 2 rings (SSSR count). The number of rotatable bonds is 5. The molecule has 1 N–H and O–H groups in total. The Labute approximate surface area is 113 Å². The molecule has 0 aliphatic rings. The Kier molecular flexibility index (Phi) is 4.50. The lowest BCUT2D eigenvalue weighted by atomic mass is 10.3. The van der Waals surface area contributed by atoms with Crippen molar-refractivity contribution in [2.75, 3.05) is 19.8 Å². The third-order valence-electron chi connectivity index (χ3n) is 2.55. The van der Waals surface area contributed by atoms with Crippen LogP contribution in [0, 0.1) is 6.92 Å². The largest absolute Gasteiger partial charge is 0.394 e. The first-order valence-corrected chi connectivity index (χ1v) is 7.10. The standard InChI is InChI=1S/C12H15BrNO2S/c1-9-14(4-6-16-7-5-15)11-3-2-10(13)8-12(11)17-9/h2-3,8,15H,4-7H2,1H3/q+1. The highest BCUT2D eigenvalue weighted by molar-refractivity contribution is 9.10. The highest BCUT2D eigenvalue weighted by atomic mass is 79.9. The van der Waals surface area contributed by atoms with Crippen LogP contribution in [-0.2, 0) is 11.3 Å². The van der Waals surface area contributed by atoms with Gasteiger partial charge in [0.2, 0.25) is 10.5 Å². The average molecular weight is 317 g/mol. The summed E-state index contributed by atoms with van der Waals surface area (Å²) in [6, 6.07) is 6.31. The summed E-state index contributed by atoms with van der Waals surface area (Å²) in [5, 5.41) is 9.91. The highest BCUT2D eigenvalue weighted by Crippen LogP contribution is 2.23. The zero-order valence-electron chi connectivity index (χ0n) is 9.65. The van der Waals surface area contributed by atoms with Crippen LogP contribution >= 0.6 is 27.3 Å². The summed E-state index contributed by atoms with van der Waals surface area (Å²) in [7, 11) is 0. The molecule has 0 aliphatic heterocycles. The fourth-order valence-corrected chi connectivity index (χ4v) is 3.38. The minimum absolute atomic E-state index is 0.0843. The minimum Gasteiger partial charge on any atom is -0.394 e. The van der Waals surface area contributed by atoms with Crippen LogP contribution in [0.4, 0.5) is 0 Å². The smallest absolute Gasteiger partial charge is 0.235 e. The Bertz CT molecular complexity index is 512. The van der Waals surface area contributed by atoms with Crippen molar-refractivity contribution in [1.82, 2.24) is 0 Å². The Balaban J connectivity index is 2.18.